The van der Waals surface area contributed by atoms with Crippen molar-refractivity contribution in [3.05, 3.63) is 84.2 Å². The van der Waals surface area contributed by atoms with Crippen LogP contribution in [0.3, 0.4) is 0 Å². The minimum atomic E-state index is -4.74. The number of halogens is 3. The predicted molar refractivity (Wildman–Crippen MR) is 112 cm³/mol. The van der Waals surface area contributed by atoms with Crippen molar-refractivity contribution in [2.75, 3.05) is 11.9 Å². The molecule has 0 atom stereocenters. The van der Waals surface area contributed by atoms with E-state index < -0.39 is 23.3 Å². The predicted octanol–water partition coefficient (Wildman–Crippen LogP) is 4.89. The van der Waals surface area contributed by atoms with Crippen molar-refractivity contribution >= 4 is 17.8 Å². The lowest BCUT2D eigenvalue weighted by atomic mass is 10.0. The van der Waals surface area contributed by atoms with Gasteiger partial charge in [-0.3, -0.25) is 9.48 Å². The van der Waals surface area contributed by atoms with Crippen LogP contribution in [0.15, 0.2) is 72.5 Å². The third-order valence-corrected chi connectivity index (χ3v) is 4.21. The van der Waals surface area contributed by atoms with Gasteiger partial charge in [-0.2, -0.15) is 18.3 Å². The second-order valence-corrected chi connectivity index (χ2v) is 6.50. The van der Waals surface area contributed by atoms with Crippen molar-refractivity contribution in [3.8, 4) is 11.1 Å². The van der Waals surface area contributed by atoms with Gasteiger partial charge in [-0.15, -0.1) is 0 Å². The molecular formula is C22H19F3N4O2. The Morgan fingerprint density at radius 3 is 2.61 bits per heavy atom. The van der Waals surface area contributed by atoms with Crippen molar-refractivity contribution in [2.45, 2.75) is 6.18 Å². The molecule has 160 valence electrons. The summed E-state index contributed by atoms with van der Waals surface area (Å²) in [7, 11) is 1.33. The molecule has 0 aliphatic heterocycles. The highest BCUT2D eigenvalue weighted by Crippen LogP contribution is 2.32. The van der Waals surface area contributed by atoms with Gasteiger partial charge in [0.05, 0.1) is 11.8 Å². The number of anilines is 1. The molecule has 3 rings (SSSR count). The van der Waals surface area contributed by atoms with E-state index in [1.54, 1.807) is 48.7 Å². The number of oxime groups is 1. The Balaban J connectivity index is 1.84. The number of aromatic nitrogens is 2. The number of amides is 1. The second kappa shape index (κ2) is 9.29. The summed E-state index contributed by atoms with van der Waals surface area (Å²) in [6.07, 6.45) is -0.569. The van der Waals surface area contributed by atoms with E-state index in [1.165, 1.54) is 7.05 Å². The van der Waals surface area contributed by atoms with Gasteiger partial charge in [-0.05, 0) is 17.2 Å². The topological polar surface area (TPSA) is 68.5 Å². The highest BCUT2D eigenvalue weighted by molar-refractivity contribution is 6.07. The lowest BCUT2D eigenvalue weighted by molar-refractivity contribution is -0.141. The first-order valence-electron chi connectivity index (χ1n) is 9.17. The summed E-state index contributed by atoms with van der Waals surface area (Å²) in [5.41, 5.74) is 0.810. The molecule has 6 nitrogen and oxygen atoms in total. The molecule has 9 heteroatoms. The zero-order chi connectivity index (χ0) is 22.4. The van der Waals surface area contributed by atoms with Crippen LogP contribution in [0, 0.1) is 0 Å². The van der Waals surface area contributed by atoms with Crippen LogP contribution in [0.25, 0.3) is 11.1 Å². The second-order valence-electron chi connectivity index (χ2n) is 6.50. The number of alkyl halides is 3. The van der Waals surface area contributed by atoms with Crippen LogP contribution in [0.2, 0.25) is 0 Å². The molecule has 2 aromatic carbocycles. The van der Waals surface area contributed by atoms with Crippen molar-refractivity contribution in [2.24, 2.45) is 12.2 Å². The average Bonchev–Trinajstić information content (AvgIpc) is 3.15. The Hall–Kier alpha value is -3.88. The van der Waals surface area contributed by atoms with E-state index in [0.717, 1.165) is 22.0 Å². The first-order valence-corrected chi connectivity index (χ1v) is 9.17. The number of aryl methyl sites for hydroxylation is 1. The SMILES string of the molecule is C=CCON=Cc1ccc(-c2ccccc2NC(=O)c2cn(C)nc2C(F)(F)F)cc1. The third-order valence-electron chi connectivity index (χ3n) is 4.21. The van der Waals surface area contributed by atoms with Crippen LogP contribution >= 0.6 is 0 Å². The molecule has 3 aromatic rings. The normalized spacial score (nSPS) is 11.5. The standard InChI is InChI=1S/C22H19F3N4O2/c1-3-12-31-26-13-15-8-10-16(11-9-15)17-6-4-5-7-19(17)27-21(30)18-14-29(2)28-20(18)22(23,24)25/h3-11,13-14H,1,12H2,2H3,(H,27,30). The summed E-state index contributed by atoms with van der Waals surface area (Å²) in [6, 6.07) is 14.1. The maximum absolute atomic E-state index is 13.2. The smallest absolute Gasteiger partial charge is 0.392 e. The molecule has 1 N–H and O–H groups in total. The van der Waals surface area contributed by atoms with E-state index in [0.29, 0.717) is 17.9 Å². The maximum atomic E-state index is 13.2. The molecule has 0 unspecified atom stereocenters. The number of benzene rings is 2. The summed E-state index contributed by atoms with van der Waals surface area (Å²) < 4.78 is 40.5. The molecule has 1 aromatic heterocycles. The minimum Gasteiger partial charge on any atom is -0.392 e. The molecule has 31 heavy (non-hydrogen) atoms. The van der Waals surface area contributed by atoms with E-state index in [9.17, 15) is 18.0 Å². The number of para-hydroxylation sites is 1. The van der Waals surface area contributed by atoms with Crippen LogP contribution in [0.4, 0.5) is 18.9 Å². The summed E-state index contributed by atoms with van der Waals surface area (Å²) in [5.74, 6) is -0.893. The fraction of sp³-hybridized carbons (Fsp3) is 0.136. The number of carbonyl (C=O) groups is 1. The van der Waals surface area contributed by atoms with E-state index >= 15 is 0 Å². The maximum Gasteiger partial charge on any atom is 0.435 e. The number of carbonyl (C=O) groups excluding carboxylic acids is 1. The Morgan fingerprint density at radius 1 is 1.23 bits per heavy atom. The lowest BCUT2D eigenvalue weighted by Crippen LogP contribution is -2.18. The number of hydrogen-bond acceptors (Lipinski definition) is 4. The molecule has 0 fully saturated rings. The zero-order valence-corrected chi connectivity index (χ0v) is 16.6. The molecule has 0 bridgehead atoms. The number of nitrogens with zero attached hydrogens (tertiary/aromatic N) is 3. The number of rotatable bonds is 7. The van der Waals surface area contributed by atoms with Crippen molar-refractivity contribution in [1.29, 1.82) is 0 Å². The van der Waals surface area contributed by atoms with Gasteiger partial charge < -0.3 is 10.2 Å². The first kappa shape index (κ1) is 21.8. The Labute approximate surface area is 176 Å². The van der Waals surface area contributed by atoms with Gasteiger partial charge in [0.15, 0.2) is 5.69 Å². The van der Waals surface area contributed by atoms with E-state index in [2.05, 4.69) is 22.2 Å². The fourth-order valence-electron chi connectivity index (χ4n) is 2.84. The van der Waals surface area contributed by atoms with Crippen molar-refractivity contribution in [1.82, 2.24) is 9.78 Å². The van der Waals surface area contributed by atoms with Gasteiger partial charge in [0.25, 0.3) is 5.91 Å². The summed E-state index contributed by atoms with van der Waals surface area (Å²) in [6.45, 7) is 3.83. The molecule has 0 saturated heterocycles. The molecule has 0 spiro atoms. The molecule has 0 saturated carbocycles. The highest BCUT2D eigenvalue weighted by atomic mass is 19.4. The van der Waals surface area contributed by atoms with E-state index in [1.807, 2.05) is 12.1 Å². The summed E-state index contributed by atoms with van der Waals surface area (Å²) in [5, 5.41) is 9.74. The van der Waals surface area contributed by atoms with Crippen LogP contribution in [-0.4, -0.2) is 28.5 Å². The van der Waals surface area contributed by atoms with Gasteiger partial charge in [-0.25, -0.2) is 0 Å². The molecule has 0 aliphatic rings. The summed E-state index contributed by atoms with van der Waals surface area (Å²) in [4.78, 5) is 17.6. The zero-order valence-electron chi connectivity index (χ0n) is 16.6. The Kier molecular flexibility index (Phi) is 6.54. The molecule has 0 aliphatic carbocycles. The molecule has 0 radical (unpaired) electrons. The lowest BCUT2D eigenvalue weighted by Gasteiger charge is -2.12. The van der Waals surface area contributed by atoms with Gasteiger partial charge in [0.2, 0.25) is 0 Å². The number of hydrogen-bond donors (Lipinski definition) is 1. The summed E-state index contributed by atoms with van der Waals surface area (Å²) >= 11 is 0. The fourth-order valence-corrected chi connectivity index (χ4v) is 2.84. The quantitative estimate of drug-likeness (QED) is 0.252. The van der Waals surface area contributed by atoms with Gasteiger partial charge in [0.1, 0.15) is 6.61 Å². The minimum absolute atomic E-state index is 0.300. The van der Waals surface area contributed by atoms with Crippen LogP contribution in [0.5, 0.6) is 0 Å². The van der Waals surface area contributed by atoms with Crippen molar-refractivity contribution < 1.29 is 22.8 Å². The number of nitrogens with one attached hydrogen (secondary N) is 1. The Morgan fingerprint density at radius 2 is 1.94 bits per heavy atom. The largest absolute Gasteiger partial charge is 0.435 e. The van der Waals surface area contributed by atoms with Gasteiger partial charge in [-0.1, -0.05) is 60.3 Å². The van der Waals surface area contributed by atoms with Crippen LogP contribution < -0.4 is 5.32 Å². The Bertz CT molecular complexity index is 1100. The average molecular weight is 428 g/mol. The van der Waals surface area contributed by atoms with Crippen molar-refractivity contribution in [3.63, 3.8) is 0 Å². The van der Waals surface area contributed by atoms with Crippen LogP contribution in [-0.2, 0) is 18.1 Å². The molecule has 1 heterocycles. The van der Waals surface area contributed by atoms with Gasteiger partial charge in [0, 0.05) is 24.5 Å². The highest BCUT2D eigenvalue weighted by Gasteiger charge is 2.39. The van der Waals surface area contributed by atoms with E-state index in [-0.39, 0.29) is 0 Å². The van der Waals surface area contributed by atoms with Crippen LogP contribution in [0.1, 0.15) is 21.6 Å². The van der Waals surface area contributed by atoms with Gasteiger partial charge >= 0.3 is 6.18 Å². The molecular weight excluding hydrogens is 409 g/mol. The monoisotopic (exact) mass is 428 g/mol. The third kappa shape index (κ3) is 5.39. The first-order chi connectivity index (χ1) is 14.8. The van der Waals surface area contributed by atoms with E-state index in [4.69, 9.17) is 4.84 Å². The molecule has 1 amide bonds.